The van der Waals surface area contributed by atoms with Gasteiger partial charge in [-0.1, -0.05) is 0 Å². The van der Waals surface area contributed by atoms with Crippen LogP contribution in [0.3, 0.4) is 0 Å². The van der Waals surface area contributed by atoms with Gasteiger partial charge in [-0.2, -0.15) is 5.10 Å². The van der Waals surface area contributed by atoms with E-state index in [1.807, 2.05) is 0 Å². The molecule has 0 spiro atoms. The zero-order valence-electron chi connectivity index (χ0n) is 5.41. The summed E-state index contributed by atoms with van der Waals surface area (Å²) in [5.41, 5.74) is 5.18. The van der Waals surface area contributed by atoms with E-state index in [1.165, 1.54) is 0 Å². The average molecular weight is 158 g/mol. The normalized spacial score (nSPS) is 7.64. The van der Waals surface area contributed by atoms with E-state index in [4.69, 9.17) is 21.1 Å². The van der Waals surface area contributed by atoms with Gasteiger partial charge < -0.3 is 10.9 Å². The standard InChI is InChI=1S/C4H5N3.HNO3/c5-4-2-1-3-6-7-4;2-1(3)4/h1-3H,(H2,5,7);(H,2,3,4). The topological polar surface area (TPSA) is 115 Å². The van der Waals surface area contributed by atoms with Gasteiger partial charge in [-0.15, -0.1) is 15.2 Å². The molecule has 0 atom stereocenters. The summed E-state index contributed by atoms with van der Waals surface area (Å²) in [6, 6.07) is 3.43. The molecule has 1 rings (SSSR count). The lowest BCUT2D eigenvalue weighted by Crippen LogP contribution is -1.88. The molecule has 0 aromatic carbocycles. The Bertz CT molecular complexity index is 210. The van der Waals surface area contributed by atoms with Gasteiger partial charge in [-0.25, -0.2) is 0 Å². The molecule has 60 valence electrons. The van der Waals surface area contributed by atoms with E-state index in [1.54, 1.807) is 18.3 Å². The second-order valence-corrected chi connectivity index (χ2v) is 1.39. The Kier molecular flexibility index (Phi) is 4.06. The lowest BCUT2D eigenvalue weighted by atomic mass is 10.6. The van der Waals surface area contributed by atoms with Crippen molar-refractivity contribution in [2.24, 2.45) is 0 Å². The lowest BCUT2D eigenvalue weighted by molar-refractivity contribution is -0.742. The summed E-state index contributed by atoms with van der Waals surface area (Å²) >= 11 is 0. The van der Waals surface area contributed by atoms with E-state index in [0.29, 0.717) is 5.82 Å². The molecule has 3 N–H and O–H groups in total. The Morgan fingerprint density at radius 2 is 2.27 bits per heavy atom. The number of hydrogen-bond acceptors (Lipinski definition) is 5. The number of rotatable bonds is 0. The quantitative estimate of drug-likeness (QED) is 0.396. The molecular weight excluding hydrogens is 152 g/mol. The fourth-order valence-corrected chi connectivity index (χ4v) is 0.313. The van der Waals surface area contributed by atoms with Crippen LogP contribution in [0.1, 0.15) is 0 Å². The highest BCUT2D eigenvalue weighted by Gasteiger charge is 1.75. The Morgan fingerprint density at radius 3 is 2.45 bits per heavy atom. The molecule has 11 heavy (non-hydrogen) atoms. The number of nitrogens with zero attached hydrogens (tertiary/aromatic N) is 3. The van der Waals surface area contributed by atoms with Crippen LogP contribution in [0, 0.1) is 10.1 Å². The summed E-state index contributed by atoms with van der Waals surface area (Å²) in [7, 11) is 0. The maximum absolute atomic E-state index is 8.36. The molecule has 0 unspecified atom stereocenters. The summed E-state index contributed by atoms with van der Waals surface area (Å²) in [5, 5.41) is 20.7. The van der Waals surface area contributed by atoms with Gasteiger partial charge in [-0.3, -0.25) is 0 Å². The summed E-state index contributed by atoms with van der Waals surface area (Å²) in [5.74, 6) is 0.461. The van der Waals surface area contributed by atoms with Crippen molar-refractivity contribution < 1.29 is 10.3 Å². The van der Waals surface area contributed by atoms with Crippen molar-refractivity contribution in [3.05, 3.63) is 28.4 Å². The number of hydrogen-bond donors (Lipinski definition) is 2. The van der Waals surface area contributed by atoms with E-state index in [0.717, 1.165) is 0 Å². The van der Waals surface area contributed by atoms with Crippen LogP contribution in [-0.2, 0) is 0 Å². The summed E-state index contributed by atoms with van der Waals surface area (Å²) < 4.78 is 0. The van der Waals surface area contributed by atoms with E-state index >= 15 is 0 Å². The molecule has 0 bridgehead atoms. The lowest BCUT2D eigenvalue weighted by Gasteiger charge is -1.81. The van der Waals surface area contributed by atoms with Crippen LogP contribution in [0.4, 0.5) is 5.82 Å². The van der Waals surface area contributed by atoms with Gasteiger partial charge in [0.05, 0.1) is 0 Å². The van der Waals surface area contributed by atoms with Gasteiger partial charge in [0, 0.05) is 6.20 Å². The van der Waals surface area contributed by atoms with E-state index < -0.39 is 5.09 Å². The third-order valence-corrected chi connectivity index (χ3v) is 0.593. The first kappa shape index (κ1) is 9.08. The van der Waals surface area contributed by atoms with Crippen LogP contribution in [-0.4, -0.2) is 20.5 Å². The van der Waals surface area contributed by atoms with Crippen molar-refractivity contribution in [1.82, 2.24) is 10.2 Å². The highest BCUT2D eigenvalue weighted by atomic mass is 16.9. The predicted molar refractivity (Wildman–Crippen MR) is 35.2 cm³/mol. The van der Waals surface area contributed by atoms with E-state index in [-0.39, 0.29) is 0 Å². The largest absolute Gasteiger partial charge is 0.382 e. The molecule has 1 heterocycles. The highest BCUT2D eigenvalue weighted by Crippen LogP contribution is 1.86. The molecule has 1 aromatic heterocycles. The molecule has 7 nitrogen and oxygen atoms in total. The van der Waals surface area contributed by atoms with Crippen LogP contribution >= 0.6 is 0 Å². The van der Waals surface area contributed by atoms with Crippen LogP contribution in [0.5, 0.6) is 0 Å². The van der Waals surface area contributed by atoms with Crippen molar-refractivity contribution >= 4 is 5.82 Å². The summed E-state index contributed by atoms with van der Waals surface area (Å²) in [4.78, 5) is 8.36. The van der Waals surface area contributed by atoms with Crippen molar-refractivity contribution in [3.63, 3.8) is 0 Å². The first-order valence-corrected chi connectivity index (χ1v) is 2.49. The molecule has 1 aromatic rings. The minimum Gasteiger partial charge on any atom is -0.382 e. The Morgan fingerprint density at radius 1 is 1.73 bits per heavy atom. The zero-order valence-corrected chi connectivity index (χ0v) is 5.41. The first-order valence-electron chi connectivity index (χ1n) is 2.49. The van der Waals surface area contributed by atoms with Crippen LogP contribution in [0.2, 0.25) is 0 Å². The fraction of sp³-hybridized carbons (Fsp3) is 0. The fourth-order valence-electron chi connectivity index (χ4n) is 0.313. The van der Waals surface area contributed by atoms with Crippen molar-refractivity contribution in [2.75, 3.05) is 5.73 Å². The number of nitrogen functional groups attached to an aromatic ring is 1. The third-order valence-electron chi connectivity index (χ3n) is 0.593. The molecule has 0 saturated heterocycles. The minimum atomic E-state index is -1.50. The Hall–Kier alpha value is -1.92. The van der Waals surface area contributed by atoms with E-state index in [9.17, 15) is 0 Å². The van der Waals surface area contributed by atoms with Crippen LogP contribution < -0.4 is 5.73 Å². The Labute approximate surface area is 61.6 Å². The maximum atomic E-state index is 8.36. The monoisotopic (exact) mass is 158 g/mol. The van der Waals surface area contributed by atoms with Gasteiger partial charge in [0.15, 0.2) is 0 Å². The first-order chi connectivity index (χ1) is 5.13. The number of aromatic nitrogens is 2. The second-order valence-electron chi connectivity index (χ2n) is 1.39. The van der Waals surface area contributed by atoms with Gasteiger partial charge in [0.25, 0.3) is 5.09 Å². The van der Waals surface area contributed by atoms with Crippen LogP contribution in [0.15, 0.2) is 18.3 Å². The molecule has 0 saturated carbocycles. The van der Waals surface area contributed by atoms with Crippen molar-refractivity contribution in [1.29, 1.82) is 0 Å². The molecule has 0 radical (unpaired) electrons. The molecular formula is C4H6N4O3. The second kappa shape index (κ2) is 4.91. The zero-order chi connectivity index (χ0) is 8.69. The molecule has 0 fully saturated rings. The van der Waals surface area contributed by atoms with Gasteiger partial charge in [0.1, 0.15) is 5.82 Å². The molecule has 0 aliphatic carbocycles. The molecule has 0 amide bonds. The third kappa shape index (κ3) is 8.08. The van der Waals surface area contributed by atoms with Crippen molar-refractivity contribution in [2.45, 2.75) is 0 Å². The van der Waals surface area contributed by atoms with Gasteiger partial charge in [0.2, 0.25) is 0 Å². The smallest absolute Gasteiger partial charge is 0.291 e. The summed E-state index contributed by atoms with van der Waals surface area (Å²) in [6.45, 7) is 0. The predicted octanol–water partition coefficient (Wildman–Crippen LogP) is -0.289. The Balaban J connectivity index is 0.000000218. The van der Waals surface area contributed by atoms with Gasteiger partial charge >= 0.3 is 0 Å². The van der Waals surface area contributed by atoms with E-state index in [2.05, 4.69) is 10.2 Å². The summed E-state index contributed by atoms with van der Waals surface area (Å²) in [6.07, 6.45) is 1.58. The van der Waals surface area contributed by atoms with Crippen LogP contribution in [0.25, 0.3) is 0 Å². The SMILES string of the molecule is Nc1cccnn1.O=[N+]([O-])O. The number of anilines is 1. The van der Waals surface area contributed by atoms with Gasteiger partial charge in [-0.05, 0) is 12.1 Å². The highest BCUT2D eigenvalue weighted by molar-refractivity contribution is 5.22. The number of nitrogens with two attached hydrogens (primary N) is 1. The minimum absolute atomic E-state index is 0.461. The molecule has 0 aliphatic rings. The van der Waals surface area contributed by atoms with Crippen molar-refractivity contribution in [3.8, 4) is 0 Å². The molecule has 0 aliphatic heterocycles. The molecule has 7 heteroatoms. The average Bonchev–Trinajstić information content (AvgIpc) is 1.87. The maximum Gasteiger partial charge on any atom is 0.291 e.